The van der Waals surface area contributed by atoms with E-state index in [1.807, 2.05) is 60.7 Å². The van der Waals surface area contributed by atoms with Crippen LogP contribution in [0.1, 0.15) is 39.1 Å². The van der Waals surface area contributed by atoms with Crippen molar-refractivity contribution in [1.29, 1.82) is 0 Å². The first-order valence-corrected chi connectivity index (χ1v) is 11.1. The summed E-state index contributed by atoms with van der Waals surface area (Å²) in [5.41, 5.74) is 8.83. The quantitative estimate of drug-likeness (QED) is 0.541. The maximum absolute atomic E-state index is 13.0. The average Bonchev–Trinajstić information content (AvgIpc) is 2.77. The number of nitrogens with two attached hydrogens (primary N) is 1. The van der Waals surface area contributed by atoms with Crippen LogP contribution in [0.4, 0.5) is 0 Å². The second kappa shape index (κ2) is 9.67. The monoisotopic (exact) mass is 424 g/mol. The Morgan fingerprint density at radius 3 is 2.13 bits per heavy atom. The maximum Gasteiger partial charge on any atom is 0.337 e. The van der Waals surface area contributed by atoms with Gasteiger partial charge in [-0.2, -0.15) is 0 Å². The summed E-state index contributed by atoms with van der Waals surface area (Å²) in [5, 5.41) is 0. The number of hydrogen-bond acceptors (Lipinski definition) is 5. The van der Waals surface area contributed by atoms with Crippen molar-refractivity contribution in [2.24, 2.45) is 5.73 Å². The molecule has 0 amide bonds. The van der Waals surface area contributed by atoms with Gasteiger partial charge in [-0.05, 0) is 28.8 Å². The SMILES string of the molecule is COC(=O)c1cccc(CS(=O)(=O)NC(c2ccccc2)C(N)c2ccccc2)c1. The smallest absolute Gasteiger partial charge is 0.337 e. The molecule has 3 N–H and O–H groups in total. The number of nitrogens with one attached hydrogen (secondary N) is 1. The van der Waals surface area contributed by atoms with Crippen molar-refractivity contribution >= 4 is 16.0 Å². The van der Waals surface area contributed by atoms with Gasteiger partial charge < -0.3 is 10.5 Å². The van der Waals surface area contributed by atoms with Gasteiger partial charge >= 0.3 is 5.97 Å². The third-order valence-electron chi connectivity index (χ3n) is 4.71. The Morgan fingerprint density at radius 1 is 0.933 bits per heavy atom. The van der Waals surface area contributed by atoms with Gasteiger partial charge in [0.15, 0.2) is 0 Å². The molecule has 3 rings (SSSR count). The van der Waals surface area contributed by atoms with Gasteiger partial charge in [-0.25, -0.2) is 17.9 Å². The molecule has 0 aliphatic carbocycles. The number of sulfonamides is 1. The molecule has 7 heteroatoms. The molecular formula is C23H24N2O4S. The van der Waals surface area contributed by atoms with Crippen LogP contribution in [0.25, 0.3) is 0 Å². The number of methoxy groups -OCH3 is 1. The fourth-order valence-corrected chi connectivity index (χ4v) is 4.61. The molecule has 0 spiro atoms. The Balaban J connectivity index is 1.87. The van der Waals surface area contributed by atoms with Gasteiger partial charge in [0.25, 0.3) is 0 Å². The summed E-state index contributed by atoms with van der Waals surface area (Å²) in [7, 11) is -2.49. The van der Waals surface area contributed by atoms with Gasteiger partial charge in [-0.3, -0.25) is 0 Å². The molecular weight excluding hydrogens is 400 g/mol. The molecule has 2 unspecified atom stereocenters. The van der Waals surface area contributed by atoms with E-state index in [0.29, 0.717) is 11.1 Å². The van der Waals surface area contributed by atoms with E-state index in [4.69, 9.17) is 10.5 Å². The van der Waals surface area contributed by atoms with E-state index < -0.39 is 28.1 Å². The number of carbonyl (C=O) groups is 1. The van der Waals surface area contributed by atoms with Crippen molar-refractivity contribution in [1.82, 2.24) is 4.72 Å². The standard InChI is InChI=1S/C23H24N2O4S/c1-29-23(26)20-14-8-9-17(15-20)16-30(27,28)25-22(19-12-6-3-7-13-19)21(24)18-10-4-2-5-11-18/h2-15,21-22,25H,16,24H2,1H3. The van der Waals surface area contributed by atoms with Crippen LogP contribution in [0.3, 0.4) is 0 Å². The number of hydrogen-bond donors (Lipinski definition) is 2. The highest BCUT2D eigenvalue weighted by atomic mass is 32.2. The van der Waals surface area contributed by atoms with Crippen LogP contribution in [-0.4, -0.2) is 21.5 Å². The highest BCUT2D eigenvalue weighted by Crippen LogP contribution is 2.28. The van der Waals surface area contributed by atoms with E-state index in [2.05, 4.69) is 4.72 Å². The van der Waals surface area contributed by atoms with Gasteiger partial charge in [-0.1, -0.05) is 72.8 Å². The third kappa shape index (κ3) is 5.54. The van der Waals surface area contributed by atoms with Crippen molar-refractivity contribution in [3.63, 3.8) is 0 Å². The lowest BCUT2D eigenvalue weighted by Gasteiger charge is -2.26. The molecule has 0 fully saturated rings. The van der Waals surface area contributed by atoms with E-state index in [-0.39, 0.29) is 5.75 Å². The first-order chi connectivity index (χ1) is 14.4. The van der Waals surface area contributed by atoms with Crippen molar-refractivity contribution in [3.05, 3.63) is 107 Å². The molecule has 0 aliphatic rings. The number of esters is 1. The number of benzene rings is 3. The Labute approximate surface area is 176 Å². The fraction of sp³-hybridized carbons (Fsp3) is 0.174. The third-order valence-corrected chi connectivity index (χ3v) is 6.04. The lowest BCUT2D eigenvalue weighted by atomic mass is 9.95. The van der Waals surface area contributed by atoms with Crippen LogP contribution in [0.15, 0.2) is 84.9 Å². The Morgan fingerprint density at radius 2 is 1.53 bits per heavy atom. The molecule has 0 heterocycles. The molecule has 0 radical (unpaired) electrons. The zero-order chi connectivity index (χ0) is 21.6. The minimum Gasteiger partial charge on any atom is -0.465 e. The van der Waals surface area contributed by atoms with Crippen LogP contribution < -0.4 is 10.5 Å². The highest BCUT2D eigenvalue weighted by Gasteiger charge is 2.26. The highest BCUT2D eigenvalue weighted by molar-refractivity contribution is 7.88. The zero-order valence-electron chi connectivity index (χ0n) is 16.6. The molecule has 0 saturated heterocycles. The second-order valence-corrected chi connectivity index (χ2v) is 8.65. The first kappa shape index (κ1) is 21.7. The van der Waals surface area contributed by atoms with Gasteiger partial charge in [0.1, 0.15) is 0 Å². The van der Waals surface area contributed by atoms with Crippen molar-refractivity contribution in [3.8, 4) is 0 Å². The first-order valence-electron chi connectivity index (χ1n) is 9.42. The van der Waals surface area contributed by atoms with Crippen LogP contribution >= 0.6 is 0 Å². The largest absolute Gasteiger partial charge is 0.465 e. The summed E-state index contributed by atoms with van der Waals surface area (Å²) in [4.78, 5) is 11.7. The molecule has 6 nitrogen and oxygen atoms in total. The predicted molar refractivity (Wildman–Crippen MR) is 116 cm³/mol. The van der Waals surface area contributed by atoms with E-state index >= 15 is 0 Å². The zero-order valence-corrected chi connectivity index (χ0v) is 17.4. The molecule has 2 atom stereocenters. The van der Waals surface area contributed by atoms with Crippen LogP contribution in [-0.2, 0) is 20.5 Å². The summed E-state index contributed by atoms with van der Waals surface area (Å²) in [6, 6.07) is 23.7. The lowest BCUT2D eigenvalue weighted by Crippen LogP contribution is -2.36. The summed E-state index contributed by atoms with van der Waals surface area (Å²) < 4.78 is 33.4. The van der Waals surface area contributed by atoms with Crippen LogP contribution in [0, 0.1) is 0 Å². The van der Waals surface area contributed by atoms with Crippen LogP contribution in [0.2, 0.25) is 0 Å². The minimum atomic E-state index is -3.77. The fourth-order valence-electron chi connectivity index (χ4n) is 3.24. The molecule has 30 heavy (non-hydrogen) atoms. The van der Waals surface area contributed by atoms with Gasteiger partial charge in [0, 0.05) is 0 Å². The Kier molecular flexibility index (Phi) is 6.99. The molecule has 0 aliphatic heterocycles. The van der Waals surface area contributed by atoms with E-state index in [9.17, 15) is 13.2 Å². The number of carbonyl (C=O) groups excluding carboxylic acids is 1. The number of ether oxygens (including phenoxy) is 1. The lowest BCUT2D eigenvalue weighted by molar-refractivity contribution is 0.0600. The molecule has 156 valence electrons. The molecule has 3 aromatic carbocycles. The topological polar surface area (TPSA) is 98.5 Å². The Bertz CT molecular complexity index is 1090. The van der Waals surface area contributed by atoms with Crippen molar-refractivity contribution in [2.75, 3.05) is 7.11 Å². The maximum atomic E-state index is 13.0. The summed E-state index contributed by atoms with van der Waals surface area (Å²) in [5.74, 6) is -0.807. The van der Waals surface area contributed by atoms with Crippen molar-refractivity contribution < 1.29 is 17.9 Å². The van der Waals surface area contributed by atoms with E-state index in [0.717, 1.165) is 11.1 Å². The second-order valence-electron chi connectivity index (χ2n) is 6.89. The molecule has 0 saturated carbocycles. The molecule has 3 aromatic rings. The summed E-state index contributed by atoms with van der Waals surface area (Å²) in [6.07, 6.45) is 0. The summed E-state index contributed by atoms with van der Waals surface area (Å²) in [6.45, 7) is 0. The van der Waals surface area contributed by atoms with Gasteiger partial charge in [0.05, 0.1) is 30.5 Å². The number of rotatable bonds is 8. The van der Waals surface area contributed by atoms with E-state index in [1.165, 1.54) is 13.2 Å². The predicted octanol–water partition coefficient (Wildman–Crippen LogP) is 3.33. The normalized spacial score (nSPS) is 13.4. The molecule has 0 bridgehead atoms. The van der Waals surface area contributed by atoms with E-state index in [1.54, 1.807) is 18.2 Å². The summed E-state index contributed by atoms with van der Waals surface area (Å²) >= 11 is 0. The minimum absolute atomic E-state index is 0.289. The van der Waals surface area contributed by atoms with Crippen LogP contribution in [0.5, 0.6) is 0 Å². The Hall–Kier alpha value is -3.00. The van der Waals surface area contributed by atoms with Gasteiger partial charge in [-0.15, -0.1) is 0 Å². The van der Waals surface area contributed by atoms with Gasteiger partial charge in [0.2, 0.25) is 10.0 Å². The molecule has 0 aromatic heterocycles. The van der Waals surface area contributed by atoms with Crippen molar-refractivity contribution in [2.45, 2.75) is 17.8 Å². The average molecular weight is 425 g/mol.